The van der Waals surface area contributed by atoms with Crippen molar-refractivity contribution in [2.75, 3.05) is 13.7 Å². The Morgan fingerprint density at radius 2 is 2.26 bits per heavy atom. The maximum atomic E-state index is 12.1. The van der Waals surface area contributed by atoms with Crippen LogP contribution in [0.5, 0.6) is 0 Å². The van der Waals surface area contributed by atoms with Crippen LogP contribution in [0.2, 0.25) is 0 Å². The molecule has 1 fully saturated rings. The summed E-state index contributed by atoms with van der Waals surface area (Å²) < 4.78 is 4.62. The van der Waals surface area contributed by atoms with Crippen molar-refractivity contribution in [1.29, 1.82) is 0 Å². The average Bonchev–Trinajstić information content (AvgIpc) is 3.16. The number of amides is 1. The van der Waals surface area contributed by atoms with Crippen molar-refractivity contribution >= 4 is 23.2 Å². The molecule has 2 rings (SSSR count). The van der Waals surface area contributed by atoms with Crippen LogP contribution in [0.3, 0.4) is 0 Å². The van der Waals surface area contributed by atoms with E-state index in [0.29, 0.717) is 12.2 Å². The largest absolute Gasteiger partial charge is 0.464 e. The Morgan fingerprint density at radius 1 is 1.53 bits per heavy atom. The van der Waals surface area contributed by atoms with Crippen LogP contribution in [0.25, 0.3) is 0 Å². The molecular weight excluding hydrogens is 264 g/mol. The van der Waals surface area contributed by atoms with Gasteiger partial charge in [0.1, 0.15) is 5.01 Å². The number of methoxy groups -OCH3 is 1. The molecule has 19 heavy (non-hydrogen) atoms. The topological polar surface area (TPSA) is 59.5 Å². The van der Waals surface area contributed by atoms with Crippen LogP contribution in [0.4, 0.5) is 0 Å². The van der Waals surface area contributed by atoms with E-state index in [1.165, 1.54) is 18.4 Å². The first-order valence-corrected chi connectivity index (χ1v) is 7.35. The van der Waals surface area contributed by atoms with E-state index in [4.69, 9.17) is 0 Å². The van der Waals surface area contributed by atoms with E-state index in [2.05, 4.69) is 16.6 Å². The van der Waals surface area contributed by atoms with Gasteiger partial charge in [0.2, 0.25) is 5.91 Å². The Morgan fingerprint density at radius 3 is 2.84 bits per heavy atom. The summed E-state index contributed by atoms with van der Waals surface area (Å²) in [7, 11) is 1.33. The Bertz CT molecular complexity index is 468. The third-order valence-corrected chi connectivity index (χ3v) is 3.84. The van der Waals surface area contributed by atoms with Gasteiger partial charge in [-0.15, -0.1) is 11.3 Å². The second-order valence-electron chi connectivity index (χ2n) is 4.65. The fourth-order valence-electron chi connectivity index (χ4n) is 1.87. The van der Waals surface area contributed by atoms with Crippen LogP contribution in [-0.2, 0) is 16.1 Å². The number of carbonyl (C=O) groups excluding carboxylic acids is 2. The quantitative estimate of drug-likeness (QED) is 0.750. The number of hydrogen-bond acceptors (Lipinski definition) is 5. The zero-order valence-electron chi connectivity index (χ0n) is 11.2. The van der Waals surface area contributed by atoms with Crippen LogP contribution in [0.1, 0.15) is 41.7 Å². The van der Waals surface area contributed by atoms with Gasteiger partial charge in [0, 0.05) is 17.8 Å². The van der Waals surface area contributed by atoms with E-state index in [9.17, 15) is 9.59 Å². The van der Waals surface area contributed by atoms with Gasteiger partial charge >= 0.3 is 5.97 Å². The van der Waals surface area contributed by atoms with E-state index >= 15 is 0 Å². The van der Waals surface area contributed by atoms with Crippen LogP contribution >= 0.6 is 11.3 Å². The number of hydrogen-bond donors (Lipinski definition) is 0. The van der Waals surface area contributed by atoms with E-state index in [1.54, 1.807) is 5.38 Å². The summed E-state index contributed by atoms with van der Waals surface area (Å²) >= 11 is 1.39. The van der Waals surface area contributed by atoms with Crippen molar-refractivity contribution in [2.45, 2.75) is 32.7 Å². The van der Waals surface area contributed by atoms with E-state index < -0.39 is 5.97 Å². The summed E-state index contributed by atoms with van der Waals surface area (Å²) in [5.41, 5.74) is 0.317. The summed E-state index contributed by atoms with van der Waals surface area (Å²) in [5.74, 6) is 0.00122. The maximum Gasteiger partial charge on any atom is 0.357 e. The van der Waals surface area contributed by atoms with Crippen molar-refractivity contribution in [3.8, 4) is 0 Å². The second-order valence-corrected chi connectivity index (χ2v) is 5.59. The number of rotatable bonds is 6. The number of ether oxygens (including phenoxy) is 1. The maximum absolute atomic E-state index is 12.1. The summed E-state index contributed by atoms with van der Waals surface area (Å²) in [5, 5.41) is 2.45. The van der Waals surface area contributed by atoms with Gasteiger partial charge in [0.05, 0.1) is 13.7 Å². The van der Waals surface area contributed by atoms with Crippen LogP contribution in [-0.4, -0.2) is 35.4 Å². The zero-order chi connectivity index (χ0) is 13.8. The third-order valence-electron chi connectivity index (χ3n) is 3.00. The summed E-state index contributed by atoms with van der Waals surface area (Å²) in [6, 6.07) is 0. The van der Waals surface area contributed by atoms with Crippen molar-refractivity contribution in [2.24, 2.45) is 5.92 Å². The first kappa shape index (κ1) is 14.0. The molecule has 0 saturated heterocycles. The molecule has 0 bridgehead atoms. The van der Waals surface area contributed by atoms with Gasteiger partial charge in [-0.3, -0.25) is 4.79 Å². The first-order chi connectivity index (χ1) is 9.15. The third kappa shape index (κ3) is 3.53. The van der Waals surface area contributed by atoms with E-state index in [1.807, 2.05) is 4.90 Å². The van der Waals surface area contributed by atoms with Crippen molar-refractivity contribution in [3.05, 3.63) is 16.1 Å². The highest BCUT2D eigenvalue weighted by molar-refractivity contribution is 7.09. The lowest BCUT2D eigenvalue weighted by Crippen LogP contribution is -2.32. The molecule has 1 aromatic rings. The smallest absolute Gasteiger partial charge is 0.357 e. The lowest BCUT2D eigenvalue weighted by atomic mass is 10.3. The van der Waals surface area contributed by atoms with Gasteiger partial charge in [-0.25, -0.2) is 9.78 Å². The molecule has 0 atom stereocenters. The predicted octanol–water partition coefficient (Wildman–Crippen LogP) is 2.08. The number of nitrogens with zero attached hydrogens (tertiary/aromatic N) is 2. The highest BCUT2D eigenvalue weighted by Gasteiger charge is 2.33. The molecule has 6 heteroatoms. The zero-order valence-corrected chi connectivity index (χ0v) is 12.0. The second kappa shape index (κ2) is 6.14. The molecule has 1 heterocycles. The number of thiazole rings is 1. The lowest BCUT2D eigenvalue weighted by Gasteiger charge is -2.20. The monoisotopic (exact) mass is 282 g/mol. The highest BCUT2D eigenvalue weighted by atomic mass is 32.1. The van der Waals surface area contributed by atoms with Gasteiger partial charge < -0.3 is 9.64 Å². The molecule has 1 saturated carbocycles. The molecule has 0 radical (unpaired) electrons. The van der Waals surface area contributed by atoms with E-state index in [-0.39, 0.29) is 11.8 Å². The lowest BCUT2D eigenvalue weighted by molar-refractivity contribution is -0.133. The van der Waals surface area contributed by atoms with Crippen molar-refractivity contribution < 1.29 is 14.3 Å². The van der Waals surface area contributed by atoms with E-state index in [0.717, 1.165) is 30.8 Å². The first-order valence-electron chi connectivity index (χ1n) is 6.47. The molecule has 1 aliphatic carbocycles. The molecule has 5 nitrogen and oxygen atoms in total. The normalized spacial score (nSPS) is 14.2. The standard InChI is InChI=1S/C13H18N2O3S/c1-3-6-15(12(16)9-4-5-9)7-11-14-10(8-19-11)13(17)18-2/h8-9H,3-7H2,1-2H3. The Labute approximate surface area is 116 Å². The summed E-state index contributed by atoms with van der Waals surface area (Å²) in [4.78, 5) is 29.5. The molecule has 0 aromatic carbocycles. The number of aromatic nitrogens is 1. The Hall–Kier alpha value is -1.43. The fraction of sp³-hybridized carbons (Fsp3) is 0.615. The van der Waals surface area contributed by atoms with Crippen LogP contribution in [0, 0.1) is 5.92 Å². The van der Waals surface area contributed by atoms with Gasteiger partial charge in [-0.1, -0.05) is 6.92 Å². The Balaban J connectivity index is 2.01. The molecule has 104 valence electrons. The van der Waals surface area contributed by atoms with Gasteiger partial charge in [0.25, 0.3) is 0 Å². The number of carbonyl (C=O) groups is 2. The van der Waals surface area contributed by atoms with Gasteiger partial charge in [-0.2, -0.15) is 0 Å². The predicted molar refractivity (Wildman–Crippen MR) is 71.9 cm³/mol. The van der Waals surface area contributed by atoms with Crippen LogP contribution < -0.4 is 0 Å². The fourth-order valence-corrected chi connectivity index (χ4v) is 2.65. The van der Waals surface area contributed by atoms with Gasteiger partial charge in [-0.05, 0) is 19.3 Å². The summed E-state index contributed by atoms with van der Waals surface area (Å²) in [6.45, 7) is 3.28. The molecule has 0 aliphatic heterocycles. The molecule has 0 N–H and O–H groups in total. The highest BCUT2D eigenvalue weighted by Crippen LogP contribution is 2.31. The van der Waals surface area contributed by atoms with Crippen molar-refractivity contribution in [3.63, 3.8) is 0 Å². The minimum atomic E-state index is -0.432. The molecule has 1 aliphatic rings. The average molecular weight is 282 g/mol. The molecule has 0 unspecified atom stereocenters. The Kier molecular flexibility index (Phi) is 4.52. The van der Waals surface area contributed by atoms with Gasteiger partial charge in [0.15, 0.2) is 5.69 Å². The SMILES string of the molecule is CCCN(Cc1nc(C(=O)OC)cs1)C(=O)C1CC1. The molecule has 1 aromatic heterocycles. The number of esters is 1. The molecule has 0 spiro atoms. The summed E-state index contributed by atoms with van der Waals surface area (Å²) in [6.07, 6.45) is 2.93. The molecule has 1 amide bonds. The van der Waals surface area contributed by atoms with Crippen molar-refractivity contribution in [1.82, 2.24) is 9.88 Å². The van der Waals surface area contributed by atoms with Crippen LogP contribution in [0.15, 0.2) is 5.38 Å². The molecular formula is C13H18N2O3S. The minimum absolute atomic E-state index is 0.214. The minimum Gasteiger partial charge on any atom is -0.464 e.